The summed E-state index contributed by atoms with van der Waals surface area (Å²) in [5.41, 5.74) is 0. The predicted octanol–water partition coefficient (Wildman–Crippen LogP) is 1.95. The fraction of sp³-hybridized carbons (Fsp3) is 0.667. The van der Waals surface area contributed by atoms with Crippen molar-refractivity contribution >= 4 is 5.78 Å². The van der Waals surface area contributed by atoms with Gasteiger partial charge in [0.25, 0.3) is 0 Å². The number of carbonyl (C=O) groups excluding carboxylic acids is 1. The number of rotatable bonds is 6. The van der Waals surface area contributed by atoms with Crippen LogP contribution in [0, 0.1) is 0 Å². The van der Waals surface area contributed by atoms with Crippen LogP contribution in [0.1, 0.15) is 26.2 Å². The normalized spacial score (nSPS) is 12.5. The van der Waals surface area contributed by atoms with Crippen molar-refractivity contribution in [3.63, 3.8) is 0 Å². The second-order valence-electron chi connectivity index (χ2n) is 2.63. The molecule has 0 bridgehead atoms. The Bertz CT molecular complexity index is 130. The van der Waals surface area contributed by atoms with Gasteiger partial charge in [-0.25, -0.2) is 0 Å². The summed E-state index contributed by atoms with van der Waals surface area (Å²) in [6.07, 6.45) is 4.23. The van der Waals surface area contributed by atoms with Crippen LogP contribution in [0.2, 0.25) is 0 Å². The second-order valence-corrected chi connectivity index (χ2v) is 2.63. The first-order chi connectivity index (χ1) is 5.20. The summed E-state index contributed by atoms with van der Waals surface area (Å²) < 4.78 is 5.09. The Hall–Kier alpha value is -0.630. The van der Waals surface area contributed by atoms with Gasteiger partial charge in [0.15, 0.2) is 0 Å². The molecule has 0 aliphatic heterocycles. The summed E-state index contributed by atoms with van der Waals surface area (Å²) in [7, 11) is 1.64. The molecule has 64 valence electrons. The summed E-state index contributed by atoms with van der Waals surface area (Å²) in [5.74, 6) is 0.181. The highest BCUT2D eigenvalue weighted by Crippen LogP contribution is 2.06. The highest BCUT2D eigenvalue weighted by molar-refractivity contribution is 5.75. The van der Waals surface area contributed by atoms with Crippen LogP contribution in [0.25, 0.3) is 0 Å². The van der Waals surface area contributed by atoms with E-state index in [2.05, 4.69) is 6.58 Å². The number of Topliss-reactive ketones (excluding diaryl/α,β-unsaturated/α-hetero) is 1. The van der Waals surface area contributed by atoms with Crippen LogP contribution in [0.5, 0.6) is 0 Å². The van der Waals surface area contributed by atoms with E-state index in [1.807, 2.05) is 6.08 Å². The number of allylic oxidation sites excluding steroid dienone is 1. The lowest BCUT2D eigenvalue weighted by molar-refractivity contribution is -0.119. The van der Waals surface area contributed by atoms with Gasteiger partial charge in [0.05, 0.1) is 6.10 Å². The molecule has 0 aromatic carbocycles. The molecule has 0 radical (unpaired) electrons. The van der Waals surface area contributed by atoms with E-state index in [1.165, 1.54) is 0 Å². The molecule has 0 aromatic heterocycles. The number of carbonyl (C=O) groups is 1. The third kappa shape index (κ3) is 5.80. The maximum atomic E-state index is 10.7. The quantitative estimate of drug-likeness (QED) is 0.549. The minimum absolute atomic E-state index is 0.0745. The van der Waals surface area contributed by atoms with E-state index >= 15 is 0 Å². The SMILES string of the molecule is C=CCCC(CC(C)=O)OC. The van der Waals surface area contributed by atoms with E-state index in [0.717, 1.165) is 12.8 Å². The third-order valence-corrected chi connectivity index (χ3v) is 1.54. The van der Waals surface area contributed by atoms with Crippen molar-refractivity contribution in [2.75, 3.05) is 7.11 Å². The Balaban J connectivity index is 3.57. The van der Waals surface area contributed by atoms with Crippen LogP contribution in [-0.2, 0) is 9.53 Å². The molecule has 2 nitrogen and oxygen atoms in total. The van der Waals surface area contributed by atoms with Gasteiger partial charge in [-0.3, -0.25) is 4.79 Å². The maximum Gasteiger partial charge on any atom is 0.132 e. The molecule has 1 unspecified atom stereocenters. The van der Waals surface area contributed by atoms with E-state index in [-0.39, 0.29) is 11.9 Å². The number of methoxy groups -OCH3 is 1. The number of ether oxygens (including phenoxy) is 1. The van der Waals surface area contributed by atoms with Gasteiger partial charge in [0, 0.05) is 13.5 Å². The average Bonchev–Trinajstić information content (AvgIpc) is 1.97. The van der Waals surface area contributed by atoms with Crippen molar-refractivity contribution in [2.45, 2.75) is 32.3 Å². The van der Waals surface area contributed by atoms with Gasteiger partial charge >= 0.3 is 0 Å². The standard InChI is InChI=1S/C9H16O2/c1-4-5-6-9(11-3)7-8(2)10/h4,9H,1,5-7H2,2-3H3. The van der Waals surface area contributed by atoms with Gasteiger partial charge in [-0.2, -0.15) is 0 Å². The molecular weight excluding hydrogens is 140 g/mol. The molecular formula is C9H16O2. The van der Waals surface area contributed by atoms with Gasteiger partial charge in [-0.1, -0.05) is 6.08 Å². The molecule has 0 amide bonds. The Morgan fingerprint density at radius 1 is 1.73 bits per heavy atom. The summed E-state index contributed by atoms with van der Waals surface area (Å²) in [6, 6.07) is 0. The Kier molecular flexibility index (Phi) is 5.75. The second kappa shape index (κ2) is 6.10. The molecule has 0 aromatic rings. The summed E-state index contributed by atoms with van der Waals surface area (Å²) >= 11 is 0. The molecule has 0 spiro atoms. The van der Waals surface area contributed by atoms with Crippen LogP contribution >= 0.6 is 0 Å². The highest BCUT2D eigenvalue weighted by atomic mass is 16.5. The molecule has 0 heterocycles. The van der Waals surface area contributed by atoms with Crippen molar-refractivity contribution in [1.29, 1.82) is 0 Å². The Morgan fingerprint density at radius 3 is 2.73 bits per heavy atom. The van der Waals surface area contributed by atoms with Gasteiger partial charge < -0.3 is 4.74 Å². The van der Waals surface area contributed by atoms with E-state index in [4.69, 9.17) is 4.74 Å². The van der Waals surface area contributed by atoms with E-state index in [1.54, 1.807) is 14.0 Å². The van der Waals surface area contributed by atoms with Crippen LogP contribution in [0.15, 0.2) is 12.7 Å². The minimum Gasteiger partial charge on any atom is -0.381 e. The molecule has 11 heavy (non-hydrogen) atoms. The van der Waals surface area contributed by atoms with Gasteiger partial charge in [0.2, 0.25) is 0 Å². The Labute approximate surface area is 68.2 Å². The predicted molar refractivity (Wildman–Crippen MR) is 45.5 cm³/mol. The lowest BCUT2D eigenvalue weighted by atomic mass is 10.1. The molecule has 0 saturated heterocycles. The van der Waals surface area contributed by atoms with Crippen LogP contribution in [0.3, 0.4) is 0 Å². The van der Waals surface area contributed by atoms with Crippen LogP contribution in [0.4, 0.5) is 0 Å². The van der Waals surface area contributed by atoms with E-state index in [9.17, 15) is 4.79 Å². The fourth-order valence-corrected chi connectivity index (χ4v) is 0.928. The van der Waals surface area contributed by atoms with E-state index in [0.29, 0.717) is 6.42 Å². The van der Waals surface area contributed by atoms with Crippen molar-refractivity contribution in [3.8, 4) is 0 Å². The lowest BCUT2D eigenvalue weighted by Crippen LogP contribution is -2.13. The molecule has 0 saturated carbocycles. The summed E-state index contributed by atoms with van der Waals surface area (Å²) in [5, 5.41) is 0. The van der Waals surface area contributed by atoms with Crippen molar-refractivity contribution in [3.05, 3.63) is 12.7 Å². The summed E-state index contributed by atoms with van der Waals surface area (Å²) in [4.78, 5) is 10.7. The number of ketones is 1. The molecule has 0 rings (SSSR count). The van der Waals surface area contributed by atoms with Crippen LogP contribution < -0.4 is 0 Å². The molecule has 2 heteroatoms. The molecule has 1 atom stereocenters. The number of hydrogen-bond acceptors (Lipinski definition) is 2. The minimum atomic E-state index is 0.0745. The fourth-order valence-electron chi connectivity index (χ4n) is 0.928. The monoisotopic (exact) mass is 156 g/mol. The van der Waals surface area contributed by atoms with Gasteiger partial charge in [0.1, 0.15) is 5.78 Å². The van der Waals surface area contributed by atoms with Crippen LogP contribution in [-0.4, -0.2) is 19.0 Å². The Morgan fingerprint density at radius 2 is 2.36 bits per heavy atom. The first-order valence-corrected chi connectivity index (χ1v) is 3.83. The molecule has 0 aliphatic rings. The molecule has 0 aliphatic carbocycles. The van der Waals surface area contributed by atoms with Crippen molar-refractivity contribution < 1.29 is 9.53 Å². The largest absolute Gasteiger partial charge is 0.381 e. The zero-order valence-electron chi connectivity index (χ0n) is 7.30. The zero-order valence-corrected chi connectivity index (χ0v) is 7.30. The summed E-state index contributed by atoms with van der Waals surface area (Å²) in [6.45, 7) is 5.19. The van der Waals surface area contributed by atoms with Gasteiger partial charge in [-0.05, 0) is 19.8 Å². The molecule has 0 N–H and O–H groups in total. The first-order valence-electron chi connectivity index (χ1n) is 3.83. The van der Waals surface area contributed by atoms with Gasteiger partial charge in [-0.15, -0.1) is 6.58 Å². The maximum absolute atomic E-state index is 10.7. The first kappa shape index (κ1) is 10.4. The number of hydrogen-bond donors (Lipinski definition) is 0. The average molecular weight is 156 g/mol. The van der Waals surface area contributed by atoms with Crippen molar-refractivity contribution in [2.24, 2.45) is 0 Å². The highest BCUT2D eigenvalue weighted by Gasteiger charge is 2.07. The van der Waals surface area contributed by atoms with Crippen molar-refractivity contribution in [1.82, 2.24) is 0 Å². The zero-order chi connectivity index (χ0) is 8.69. The smallest absolute Gasteiger partial charge is 0.132 e. The topological polar surface area (TPSA) is 26.3 Å². The third-order valence-electron chi connectivity index (χ3n) is 1.54. The van der Waals surface area contributed by atoms with E-state index < -0.39 is 0 Å². The molecule has 0 fully saturated rings. The lowest BCUT2D eigenvalue weighted by Gasteiger charge is -2.11.